The third-order valence-electron chi connectivity index (χ3n) is 3.25. The fourth-order valence-electron chi connectivity index (χ4n) is 2.14. The number of piperidine rings is 1. The number of carbonyl (C=O) groups is 2. The molecule has 108 valence electrons. The van der Waals surface area contributed by atoms with Crippen LogP contribution in [0.5, 0.6) is 0 Å². The molecule has 1 heterocycles. The SMILES string of the molecule is Nc1ccc(C(=O)OCC(=O)N2CCCCC2)c(F)c1. The van der Waals surface area contributed by atoms with Gasteiger partial charge in [-0.2, -0.15) is 0 Å². The molecule has 0 aliphatic carbocycles. The van der Waals surface area contributed by atoms with Crippen molar-refractivity contribution < 1.29 is 18.7 Å². The molecule has 0 atom stereocenters. The maximum Gasteiger partial charge on any atom is 0.341 e. The molecule has 1 aromatic carbocycles. The van der Waals surface area contributed by atoms with Crippen molar-refractivity contribution in [1.29, 1.82) is 0 Å². The summed E-state index contributed by atoms with van der Waals surface area (Å²) in [5.74, 6) is -1.85. The Hall–Kier alpha value is -2.11. The minimum absolute atomic E-state index is 0.217. The van der Waals surface area contributed by atoms with Gasteiger partial charge in [-0.3, -0.25) is 4.79 Å². The molecule has 5 nitrogen and oxygen atoms in total. The number of halogens is 1. The normalized spacial score (nSPS) is 14.9. The average molecular weight is 280 g/mol. The van der Waals surface area contributed by atoms with Gasteiger partial charge in [0.2, 0.25) is 0 Å². The van der Waals surface area contributed by atoms with Crippen LogP contribution in [0.15, 0.2) is 18.2 Å². The lowest BCUT2D eigenvalue weighted by Gasteiger charge is -2.26. The number of hydrogen-bond donors (Lipinski definition) is 1. The van der Waals surface area contributed by atoms with Crippen molar-refractivity contribution in [2.45, 2.75) is 19.3 Å². The number of rotatable bonds is 3. The summed E-state index contributed by atoms with van der Waals surface area (Å²) in [6.45, 7) is 1.02. The van der Waals surface area contributed by atoms with Gasteiger partial charge in [0, 0.05) is 18.8 Å². The lowest BCUT2D eigenvalue weighted by molar-refractivity contribution is -0.135. The van der Waals surface area contributed by atoms with Crippen molar-refractivity contribution in [3.8, 4) is 0 Å². The summed E-state index contributed by atoms with van der Waals surface area (Å²) < 4.78 is 18.4. The molecule has 1 aliphatic rings. The highest BCUT2D eigenvalue weighted by Gasteiger charge is 2.19. The highest BCUT2D eigenvalue weighted by molar-refractivity contribution is 5.91. The van der Waals surface area contributed by atoms with Crippen LogP contribution in [-0.4, -0.2) is 36.5 Å². The maximum absolute atomic E-state index is 13.5. The molecule has 2 rings (SSSR count). The highest BCUT2D eigenvalue weighted by Crippen LogP contribution is 2.13. The minimum atomic E-state index is -0.854. The van der Waals surface area contributed by atoms with Gasteiger partial charge in [-0.1, -0.05) is 0 Å². The fraction of sp³-hybridized carbons (Fsp3) is 0.429. The zero-order valence-electron chi connectivity index (χ0n) is 11.1. The number of carbonyl (C=O) groups excluding carboxylic acids is 2. The maximum atomic E-state index is 13.5. The predicted molar refractivity (Wildman–Crippen MR) is 71.5 cm³/mol. The van der Waals surface area contributed by atoms with Crippen molar-refractivity contribution in [3.63, 3.8) is 0 Å². The summed E-state index contributed by atoms with van der Waals surface area (Å²) in [5.41, 5.74) is 5.40. The van der Waals surface area contributed by atoms with Gasteiger partial charge in [-0.25, -0.2) is 9.18 Å². The largest absolute Gasteiger partial charge is 0.452 e. The Balaban J connectivity index is 1.89. The van der Waals surface area contributed by atoms with E-state index in [1.165, 1.54) is 12.1 Å². The van der Waals surface area contributed by atoms with E-state index in [1.54, 1.807) is 4.90 Å². The number of benzene rings is 1. The lowest BCUT2D eigenvalue weighted by Crippen LogP contribution is -2.38. The van der Waals surface area contributed by atoms with Gasteiger partial charge >= 0.3 is 5.97 Å². The van der Waals surface area contributed by atoms with Crippen LogP contribution in [0.2, 0.25) is 0 Å². The van der Waals surface area contributed by atoms with E-state index < -0.39 is 11.8 Å². The molecule has 0 radical (unpaired) electrons. The van der Waals surface area contributed by atoms with E-state index in [1.807, 2.05) is 0 Å². The highest BCUT2D eigenvalue weighted by atomic mass is 19.1. The van der Waals surface area contributed by atoms with E-state index in [2.05, 4.69) is 0 Å². The Labute approximate surface area is 116 Å². The summed E-state index contributed by atoms with van der Waals surface area (Å²) in [7, 11) is 0. The Morgan fingerprint density at radius 3 is 2.60 bits per heavy atom. The van der Waals surface area contributed by atoms with Crippen LogP contribution in [0, 0.1) is 5.82 Å². The molecule has 1 amide bonds. The Kier molecular flexibility index (Phi) is 4.55. The van der Waals surface area contributed by atoms with Crippen molar-refractivity contribution in [1.82, 2.24) is 4.90 Å². The van der Waals surface area contributed by atoms with Crippen LogP contribution in [0.1, 0.15) is 29.6 Å². The Morgan fingerprint density at radius 1 is 1.25 bits per heavy atom. The zero-order valence-corrected chi connectivity index (χ0v) is 11.1. The molecular weight excluding hydrogens is 263 g/mol. The van der Waals surface area contributed by atoms with E-state index in [-0.39, 0.29) is 23.8 Å². The van der Waals surface area contributed by atoms with Gasteiger partial charge in [0.15, 0.2) is 6.61 Å². The second-order valence-electron chi connectivity index (χ2n) is 4.76. The number of hydrogen-bond acceptors (Lipinski definition) is 4. The average Bonchev–Trinajstić information content (AvgIpc) is 2.45. The molecule has 1 aromatic rings. The molecular formula is C14H17FN2O3. The van der Waals surface area contributed by atoms with E-state index >= 15 is 0 Å². The van der Waals surface area contributed by atoms with Crippen LogP contribution in [0.3, 0.4) is 0 Å². The molecule has 0 spiro atoms. The summed E-state index contributed by atoms with van der Waals surface area (Å²) in [6.07, 6.45) is 3.04. The first-order valence-electron chi connectivity index (χ1n) is 6.58. The fourth-order valence-corrected chi connectivity index (χ4v) is 2.14. The second kappa shape index (κ2) is 6.36. The van der Waals surface area contributed by atoms with Gasteiger partial charge in [0.25, 0.3) is 5.91 Å². The first-order chi connectivity index (χ1) is 9.58. The summed E-state index contributed by atoms with van der Waals surface area (Å²) in [4.78, 5) is 25.2. The van der Waals surface area contributed by atoms with Crippen molar-refractivity contribution in [3.05, 3.63) is 29.6 Å². The third kappa shape index (κ3) is 3.46. The van der Waals surface area contributed by atoms with Crippen molar-refractivity contribution in [2.75, 3.05) is 25.4 Å². The van der Waals surface area contributed by atoms with Gasteiger partial charge < -0.3 is 15.4 Å². The smallest absolute Gasteiger partial charge is 0.341 e. The van der Waals surface area contributed by atoms with Gasteiger partial charge in [-0.05, 0) is 37.5 Å². The minimum Gasteiger partial charge on any atom is -0.452 e. The number of esters is 1. The van der Waals surface area contributed by atoms with Gasteiger partial charge in [0.1, 0.15) is 5.82 Å². The molecule has 1 aliphatic heterocycles. The summed E-state index contributed by atoms with van der Waals surface area (Å²) >= 11 is 0. The summed E-state index contributed by atoms with van der Waals surface area (Å²) in [5, 5.41) is 0. The quantitative estimate of drug-likeness (QED) is 0.674. The number of anilines is 1. The second-order valence-corrected chi connectivity index (χ2v) is 4.76. The molecule has 6 heteroatoms. The third-order valence-corrected chi connectivity index (χ3v) is 3.25. The van der Waals surface area contributed by atoms with Crippen LogP contribution in [-0.2, 0) is 9.53 Å². The van der Waals surface area contributed by atoms with E-state index in [9.17, 15) is 14.0 Å². The van der Waals surface area contributed by atoms with E-state index in [4.69, 9.17) is 10.5 Å². The van der Waals surface area contributed by atoms with Crippen LogP contribution < -0.4 is 5.73 Å². The number of nitrogen functional groups attached to an aromatic ring is 1. The molecule has 0 aromatic heterocycles. The Morgan fingerprint density at radius 2 is 1.95 bits per heavy atom. The van der Waals surface area contributed by atoms with Crippen LogP contribution in [0.4, 0.5) is 10.1 Å². The molecule has 20 heavy (non-hydrogen) atoms. The molecule has 0 unspecified atom stereocenters. The van der Waals surface area contributed by atoms with Gasteiger partial charge in [0.05, 0.1) is 5.56 Å². The zero-order chi connectivity index (χ0) is 14.5. The topological polar surface area (TPSA) is 72.6 Å². The number of ether oxygens (including phenoxy) is 1. The number of nitrogens with two attached hydrogens (primary N) is 1. The summed E-state index contributed by atoms with van der Waals surface area (Å²) in [6, 6.07) is 3.70. The molecule has 1 fully saturated rings. The molecule has 0 saturated carbocycles. The lowest BCUT2D eigenvalue weighted by atomic mass is 10.1. The number of amides is 1. The number of likely N-dealkylation sites (tertiary alicyclic amines) is 1. The van der Waals surface area contributed by atoms with Crippen molar-refractivity contribution >= 4 is 17.6 Å². The molecule has 2 N–H and O–H groups in total. The molecule has 1 saturated heterocycles. The van der Waals surface area contributed by atoms with Crippen LogP contribution >= 0.6 is 0 Å². The van der Waals surface area contributed by atoms with Crippen molar-refractivity contribution in [2.24, 2.45) is 0 Å². The van der Waals surface area contributed by atoms with Gasteiger partial charge in [-0.15, -0.1) is 0 Å². The monoisotopic (exact) mass is 280 g/mol. The Bertz CT molecular complexity index is 513. The molecule has 0 bridgehead atoms. The standard InChI is InChI=1S/C14H17FN2O3/c15-12-8-10(16)4-5-11(12)14(19)20-9-13(18)17-6-2-1-3-7-17/h4-5,8H,1-3,6-7,9,16H2. The number of nitrogens with zero attached hydrogens (tertiary/aromatic N) is 1. The van der Waals surface area contributed by atoms with E-state index in [0.29, 0.717) is 13.1 Å². The van der Waals surface area contributed by atoms with Crippen LogP contribution in [0.25, 0.3) is 0 Å². The predicted octanol–water partition coefficient (Wildman–Crippen LogP) is 1.58. The van der Waals surface area contributed by atoms with E-state index in [0.717, 1.165) is 25.3 Å². The first kappa shape index (κ1) is 14.3. The first-order valence-corrected chi connectivity index (χ1v) is 6.58.